The lowest BCUT2D eigenvalue weighted by atomic mass is 10.2. The molecule has 3 aromatic rings. The largest absolute Gasteiger partial charge is 0.497 e. The number of methoxy groups -OCH3 is 1. The summed E-state index contributed by atoms with van der Waals surface area (Å²) < 4.78 is 32.5. The molecule has 8 heteroatoms. The zero-order valence-electron chi connectivity index (χ0n) is 16.8. The lowest BCUT2D eigenvalue weighted by Gasteiger charge is -2.29. The lowest BCUT2D eigenvalue weighted by Crippen LogP contribution is -2.37. The van der Waals surface area contributed by atoms with Gasteiger partial charge in [-0.3, -0.25) is 0 Å². The van der Waals surface area contributed by atoms with Gasteiger partial charge in [-0.05, 0) is 31.2 Å². The average Bonchev–Trinajstić information content (AvgIpc) is 3.13. The summed E-state index contributed by atoms with van der Waals surface area (Å²) >= 11 is 6.44. The van der Waals surface area contributed by atoms with E-state index in [-0.39, 0.29) is 11.6 Å². The van der Waals surface area contributed by atoms with Crippen LogP contribution in [0.1, 0.15) is 17.4 Å². The van der Waals surface area contributed by atoms with Gasteiger partial charge in [-0.2, -0.15) is 0 Å². The van der Waals surface area contributed by atoms with Crippen LogP contribution in [0, 0.1) is 5.82 Å². The van der Waals surface area contributed by atoms with Gasteiger partial charge in [0.05, 0.1) is 48.8 Å². The number of carbonyl (C=O) groups is 1. The van der Waals surface area contributed by atoms with Gasteiger partial charge < -0.3 is 23.7 Å². The van der Waals surface area contributed by atoms with Crippen LogP contribution in [-0.4, -0.2) is 50.6 Å². The van der Waals surface area contributed by atoms with E-state index in [2.05, 4.69) is 0 Å². The molecule has 1 aromatic heterocycles. The molecule has 1 aliphatic rings. The van der Waals surface area contributed by atoms with Crippen LogP contribution < -0.4 is 9.64 Å². The SMILES string of the molecule is CCOC(=O)c1c(N2CCOCC2)c2c(Cl)c(F)ccc2n1-c1cccc(OC)c1. The summed E-state index contributed by atoms with van der Waals surface area (Å²) in [4.78, 5) is 15.2. The first-order valence-electron chi connectivity index (χ1n) is 9.73. The van der Waals surface area contributed by atoms with E-state index in [0.29, 0.717) is 60.0 Å². The van der Waals surface area contributed by atoms with Crippen molar-refractivity contribution in [2.45, 2.75) is 6.92 Å². The minimum absolute atomic E-state index is 0.0267. The monoisotopic (exact) mass is 432 g/mol. The van der Waals surface area contributed by atoms with E-state index >= 15 is 0 Å². The van der Waals surface area contributed by atoms with Gasteiger partial charge in [0.15, 0.2) is 5.69 Å². The Labute approximate surface area is 178 Å². The van der Waals surface area contributed by atoms with Crippen molar-refractivity contribution in [2.24, 2.45) is 0 Å². The molecule has 1 aliphatic heterocycles. The third kappa shape index (κ3) is 3.48. The number of anilines is 1. The number of morpholine rings is 1. The Kier molecular flexibility index (Phi) is 5.83. The zero-order valence-corrected chi connectivity index (χ0v) is 17.5. The Morgan fingerprint density at radius 2 is 2.00 bits per heavy atom. The fraction of sp³-hybridized carbons (Fsp3) is 0.318. The molecular weight excluding hydrogens is 411 g/mol. The molecule has 4 rings (SSSR count). The van der Waals surface area contributed by atoms with Gasteiger partial charge in [-0.15, -0.1) is 0 Å². The van der Waals surface area contributed by atoms with E-state index in [4.69, 9.17) is 25.8 Å². The molecule has 0 spiro atoms. The molecule has 1 saturated heterocycles. The van der Waals surface area contributed by atoms with Crippen LogP contribution in [0.2, 0.25) is 5.02 Å². The van der Waals surface area contributed by atoms with Crippen molar-refractivity contribution in [3.8, 4) is 11.4 Å². The van der Waals surface area contributed by atoms with E-state index < -0.39 is 11.8 Å². The van der Waals surface area contributed by atoms with Crippen molar-refractivity contribution in [3.63, 3.8) is 0 Å². The fourth-order valence-corrected chi connectivity index (χ4v) is 4.05. The van der Waals surface area contributed by atoms with Crippen LogP contribution in [0.3, 0.4) is 0 Å². The third-order valence-electron chi connectivity index (χ3n) is 5.11. The maximum Gasteiger partial charge on any atom is 0.357 e. The molecule has 0 atom stereocenters. The van der Waals surface area contributed by atoms with Crippen molar-refractivity contribution in [1.82, 2.24) is 4.57 Å². The van der Waals surface area contributed by atoms with Crippen molar-refractivity contribution < 1.29 is 23.4 Å². The van der Waals surface area contributed by atoms with E-state index in [1.165, 1.54) is 6.07 Å². The van der Waals surface area contributed by atoms with Crippen LogP contribution in [0.25, 0.3) is 16.6 Å². The lowest BCUT2D eigenvalue weighted by molar-refractivity contribution is 0.0517. The summed E-state index contributed by atoms with van der Waals surface area (Å²) in [5, 5.41) is 0.450. The highest BCUT2D eigenvalue weighted by molar-refractivity contribution is 6.37. The maximum absolute atomic E-state index is 14.5. The quantitative estimate of drug-likeness (QED) is 0.558. The van der Waals surface area contributed by atoms with Gasteiger partial charge in [0.2, 0.25) is 0 Å². The van der Waals surface area contributed by atoms with Crippen molar-refractivity contribution in [3.05, 3.63) is 52.9 Å². The number of esters is 1. The van der Waals surface area contributed by atoms with Gasteiger partial charge in [0, 0.05) is 24.5 Å². The number of carbonyl (C=O) groups excluding carboxylic acids is 1. The molecular formula is C22H22ClFN2O4. The standard InChI is InChI=1S/C22H22ClFN2O4/c1-3-30-22(27)21-20(25-9-11-29-12-10-25)18-17(8-7-16(24)19(18)23)26(21)14-5-4-6-15(13-14)28-2/h4-8,13H,3,9-12H2,1-2H3. The summed E-state index contributed by atoms with van der Waals surface area (Å²) in [7, 11) is 1.57. The Hall–Kier alpha value is -2.77. The van der Waals surface area contributed by atoms with Gasteiger partial charge in [0.1, 0.15) is 11.6 Å². The summed E-state index contributed by atoms with van der Waals surface area (Å²) in [5.41, 5.74) is 2.15. The summed E-state index contributed by atoms with van der Waals surface area (Å²) in [6.07, 6.45) is 0. The number of hydrogen-bond acceptors (Lipinski definition) is 5. The molecule has 6 nitrogen and oxygen atoms in total. The number of hydrogen-bond donors (Lipinski definition) is 0. The highest BCUT2D eigenvalue weighted by Crippen LogP contribution is 2.42. The highest BCUT2D eigenvalue weighted by Gasteiger charge is 2.31. The van der Waals surface area contributed by atoms with E-state index in [9.17, 15) is 9.18 Å². The topological polar surface area (TPSA) is 52.9 Å². The molecule has 0 N–H and O–H groups in total. The smallest absolute Gasteiger partial charge is 0.357 e. The van der Waals surface area contributed by atoms with Crippen LogP contribution in [0.5, 0.6) is 5.75 Å². The summed E-state index contributed by atoms with van der Waals surface area (Å²) in [5.74, 6) is -0.420. The average molecular weight is 433 g/mol. The van der Waals surface area contributed by atoms with Crippen LogP contribution in [-0.2, 0) is 9.47 Å². The zero-order chi connectivity index (χ0) is 21.3. The molecule has 30 heavy (non-hydrogen) atoms. The predicted octanol–water partition coefficient (Wildman–Crippen LogP) is 4.44. The van der Waals surface area contributed by atoms with E-state index in [1.807, 2.05) is 29.2 Å². The normalized spacial score (nSPS) is 14.2. The molecule has 0 aliphatic carbocycles. The van der Waals surface area contributed by atoms with E-state index in [1.54, 1.807) is 24.7 Å². The highest BCUT2D eigenvalue weighted by atomic mass is 35.5. The Morgan fingerprint density at radius 3 is 2.70 bits per heavy atom. The van der Waals surface area contributed by atoms with Gasteiger partial charge in [-0.25, -0.2) is 9.18 Å². The Balaban J connectivity index is 2.09. The summed E-state index contributed by atoms with van der Waals surface area (Å²) in [6.45, 7) is 4.07. The first-order valence-corrected chi connectivity index (χ1v) is 10.1. The third-order valence-corrected chi connectivity index (χ3v) is 5.48. The molecule has 2 heterocycles. The molecule has 0 unspecified atom stereocenters. The number of rotatable bonds is 5. The molecule has 0 radical (unpaired) electrons. The number of nitrogens with zero attached hydrogens (tertiary/aromatic N) is 2. The second-order valence-electron chi connectivity index (χ2n) is 6.81. The first kappa shape index (κ1) is 20.5. The van der Waals surface area contributed by atoms with Crippen LogP contribution in [0.15, 0.2) is 36.4 Å². The first-order chi connectivity index (χ1) is 14.6. The fourth-order valence-electron chi connectivity index (χ4n) is 3.80. The van der Waals surface area contributed by atoms with Crippen molar-refractivity contribution in [1.29, 1.82) is 0 Å². The van der Waals surface area contributed by atoms with Gasteiger partial charge in [-0.1, -0.05) is 17.7 Å². The minimum atomic E-state index is -0.545. The van der Waals surface area contributed by atoms with Gasteiger partial charge in [0.25, 0.3) is 0 Å². The molecule has 0 bridgehead atoms. The van der Waals surface area contributed by atoms with Crippen LogP contribution >= 0.6 is 11.6 Å². The van der Waals surface area contributed by atoms with E-state index in [0.717, 1.165) is 0 Å². The summed E-state index contributed by atoms with van der Waals surface area (Å²) in [6, 6.07) is 10.2. The number of fused-ring (bicyclic) bond motifs is 1. The number of benzene rings is 2. The maximum atomic E-state index is 14.5. The number of halogens is 2. The molecule has 158 valence electrons. The van der Waals surface area contributed by atoms with Crippen molar-refractivity contribution >= 4 is 34.2 Å². The molecule has 0 amide bonds. The molecule has 0 saturated carbocycles. The Bertz CT molecular complexity index is 1090. The van der Waals surface area contributed by atoms with Gasteiger partial charge >= 0.3 is 5.97 Å². The second-order valence-corrected chi connectivity index (χ2v) is 7.19. The minimum Gasteiger partial charge on any atom is -0.497 e. The second kappa shape index (κ2) is 8.53. The van der Waals surface area contributed by atoms with Crippen molar-refractivity contribution in [2.75, 3.05) is 44.9 Å². The Morgan fingerprint density at radius 1 is 1.23 bits per heavy atom. The molecule has 1 fully saturated rings. The number of ether oxygens (including phenoxy) is 3. The number of aromatic nitrogens is 1. The van der Waals surface area contributed by atoms with Crippen LogP contribution in [0.4, 0.5) is 10.1 Å². The molecule has 2 aromatic carbocycles. The predicted molar refractivity (Wildman–Crippen MR) is 114 cm³/mol.